The third-order valence-corrected chi connectivity index (χ3v) is 5.48. The van der Waals surface area contributed by atoms with Gasteiger partial charge in [-0.3, -0.25) is 0 Å². The fraction of sp³-hybridized carbons (Fsp3) is 0.143. The first-order chi connectivity index (χ1) is 14.7. The normalized spacial score (nSPS) is 10.8. The standard InChI is InChI=1S/C21H17ClN4O3S/c1-27-17-9-7-13(11-18(17)28-2)16-8-10-20(25-24-16)30-12-19-23-21(26-29-19)14-5-3-4-6-15(14)22/h3-11H,12H2,1-2H3. The van der Waals surface area contributed by atoms with Crippen LogP contribution in [0.2, 0.25) is 5.02 Å². The summed E-state index contributed by atoms with van der Waals surface area (Å²) in [6.07, 6.45) is 0. The summed E-state index contributed by atoms with van der Waals surface area (Å²) in [6.45, 7) is 0. The van der Waals surface area contributed by atoms with Crippen molar-refractivity contribution in [3.8, 4) is 34.1 Å². The average Bonchev–Trinajstić information content (AvgIpc) is 3.26. The Balaban J connectivity index is 1.43. The molecular weight excluding hydrogens is 424 g/mol. The molecule has 0 aliphatic rings. The van der Waals surface area contributed by atoms with Crippen LogP contribution >= 0.6 is 23.4 Å². The molecule has 0 aliphatic heterocycles. The van der Waals surface area contributed by atoms with Crippen LogP contribution in [0, 0.1) is 0 Å². The van der Waals surface area contributed by atoms with Gasteiger partial charge in [0, 0.05) is 11.1 Å². The van der Waals surface area contributed by atoms with Crippen molar-refractivity contribution in [2.75, 3.05) is 14.2 Å². The molecule has 7 nitrogen and oxygen atoms in total. The topological polar surface area (TPSA) is 83.2 Å². The van der Waals surface area contributed by atoms with Crippen LogP contribution in [0.5, 0.6) is 11.5 Å². The molecule has 0 bridgehead atoms. The molecule has 0 saturated carbocycles. The van der Waals surface area contributed by atoms with E-state index >= 15 is 0 Å². The second-order valence-corrected chi connectivity index (χ2v) is 7.51. The van der Waals surface area contributed by atoms with Crippen molar-refractivity contribution in [1.82, 2.24) is 20.3 Å². The van der Waals surface area contributed by atoms with E-state index in [1.54, 1.807) is 20.3 Å². The summed E-state index contributed by atoms with van der Waals surface area (Å²) in [5, 5.41) is 13.9. The zero-order chi connectivity index (χ0) is 20.9. The third-order valence-electron chi connectivity index (χ3n) is 4.25. The number of hydrogen-bond donors (Lipinski definition) is 0. The second kappa shape index (κ2) is 9.15. The smallest absolute Gasteiger partial charge is 0.237 e. The summed E-state index contributed by atoms with van der Waals surface area (Å²) in [6, 6.07) is 16.8. The molecule has 0 amide bonds. The molecule has 0 atom stereocenters. The first-order valence-corrected chi connectivity index (χ1v) is 10.3. The van der Waals surface area contributed by atoms with Crippen LogP contribution in [0.1, 0.15) is 5.89 Å². The van der Waals surface area contributed by atoms with Crippen LogP contribution in [0.25, 0.3) is 22.6 Å². The van der Waals surface area contributed by atoms with Crippen molar-refractivity contribution in [2.24, 2.45) is 0 Å². The summed E-state index contributed by atoms with van der Waals surface area (Å²) in [7, 11) is 3.20. The Morgan fingerprint density at radius 2 is 1.80 bits per heavy atom. The minimum Gasteiger partial charge on any atom is -0.493 e. The van der Waals surface area contributed by atoms with Gasteiger partial charge in [-0.05, 0) is 42.5 Å². The minimum absolute atomic E-state index is 0.464. The highest BCUT2D eigenvalue weighted by Gasteiger charge is 2.12. The van der Waals surface area contributed by atoms with Gasteiger partial charge < -0.3 is 14.0 Å². The molecule has 0 aliphatic carbocycles. The average molecular weight is 441 g/mol. The summed E-state index contributed by atoms with van der Waals surface area (Å²) in [5.74, 6) is 2.73. The van der Waals surface area contributed by atoms with E-state index in [2.05, 4.69) is 20.3 Å². The van der Waals surface area contributed by atoms with Gasteiger partial charge in [0.05, 0.1) is 30.7 Å². The largest absolute Gasteiger partial charge is 0.493 e. The monoisotopic (exact) mass is 440 g/mol. The van der Waals surface area contributed by atoms with Crippen molar-refractivity contribution in [1.29, 1.82) is 0 Å². The van der Waals surface area contributed by atoms with Crippen LogP contribution in [-0.4, -0.2) is 34.6 Å². The van der Waals surface area contributed by atoms with Crippen LogP contribution < -0.4 is 9.47 Å². The highest BCUT2D eigenvalue weighted by molar-refractivity contribution is 7.98. The molecule has 30 heavy (non-hydrogen) atoms. The molecule has 0 saturated heterocycles. The van der Waals surface area contributed by atoms with E-state index in [1.165, 1.54) is 11.8 Å². The van der Waals surface area contributed by atoms with Crippen molar-refractivity contribution in [3.63, 3.8) is 0 Å². The Labute approximate surface area is 182 Å². The van der Waals surface area contributed by atoms with E-state index in [1.807, 2.05) is 48.5 Å². The molecule has 9 heteroatoms. The molecule has 4 aromatic rings. The summed E-state index contributed by atoms with van der Waals surface area (Å²) < 4.78 is 15.9. The number of methoxy groups -OCH3 is 2. The van der Waals surface area contributed by atoms with Gasteiger partial charge in [0.1, 0.15) is 5.03 Å². The van der Waals surface area contributed by atoms with E-state index in [4.69, 9.17) is 25.6 Å². The number of nitrogens with zero attached hydrogens (tertiary/aromatic N) is 4. The zero-order valence-corrected chi connectivity index (χ0v) is 17.8. The zero-order valence-electron chi connectivity index (χ0n) is 16.2. The Bertz CT molecular complexity index is 1150. The lowest BCUT2D eigenvalue weighted by atomic mass is 10.1. The molecule has 2 heterocycles. The van der Waals surface area contributed by atoms with Crippen LogP contribution in [0.3, 0.4) is 0 Å². The highest BCUT2D eigenvalue weighted by atomic mass is 35.5. The summed E-state index contributed by atoms with van der Waals surface area (Å²) in [4.78, 5) is 4.40. The molecule has 0 unspecified atom stereocenters. The Hall–Kier alpha value is -3.10. The van der Waals surface area contributed by atoms with Gasteiger partial charge in [-0.1, -0.05) is 40.7 Å². The van der Waals surface area contributed by atoms with Crippen molar-refractivity contribution >= 4 is 23.4 Å². The summed E-state index contributed by atoms with van der Waals surface area (Å²) in [5.41, 5.74) is 2.36. The second-order valence-electron chi connectivity index (χ2n) is 6.11. The van der Waals surface area contributed by atoms with E-state index < -0.39 is 0 Å². The number of benzene rings is 2. The lowest BCUT2D eigenvalue weighted by molar-refractivity contribution is 0.355. The fourth-order valence-electron chi connectivity index (χ4n) is 2.75. The van der Waals surface area contributed by atoms with Gasteiger partial charge >= 0.3 is 0 Å². The lowest BCUT2D eigenvalue weighted by Crippen LogP contribution is -1.93. The minimum atomic E-state index is 0.464. The quantitative estimate of drug-likeness (QED) is 0.364. The summed E-state index contributed by atoms with van der Waals surface area (Å²) >= 11 is 7.64. The van der Waals surface area contributed by atoms with Crippen molar-refractivity contribution in [3.05, 3.63) is 65.5 Å². The predicted molar refractivity (Wildman–Crippen MR) is 115 cm³/mol. The van der Waals surface area contributed by atoms with E-state index in [9.17, 15) is 0 Å². The number of halogens is 1. The maximum atomic E-state index is 6.18. The number of hydrogen-bond acceptors (Lipinski definition) is 8. The van der Waals surface area contributed by atoms with Crippen LogP contribution in [0.15, 0.2) is 64.1 Å². The molecule has 0 spiro atoms. The molecule has 0 radical (unpaired) electrons. The Morgan fingerprint density at radius 1 is 0.967 bits per heavy atom. The van der Waals surface area contributed by atoms with Crippen molar-refractivity contribution in [2.45, 2.75) is 10.8 Å². The fourth-order valence-corrected chi connectivity index (χ4v) is 3.62. The Morgan fingerprint density at radius 3 is 2.53 bits per heavy atom. The first-order valence-electron chi connectivity index (χ1n) is 8.94. The van der Waals surface area contributed by atoms with Gasteiger partial charge in [-0.2, -0.15) is 4.98 Å². The highest BCUT2D eigenvalue weighted by Crippen LogP contribution is 2.32. The van der Waals surface area contributed by atoms with E-state index in [0.717, 1.165) is 21.8 Å². The van der Waals surface area contributed by atoms with Crippen LogP contribution in [-0.2, 0) is 5.75 Å². The van der Waals surface area contributed by atoms with Gasteiger partial charge in [0.2, 0.25) is 11.7 Å². The molecular formula is C21H17ClN4O3S. The van der Waals surface area contributed by atoms with Gasteiger partial charge in [0.25, 0.3) is 0 Å². The maximum Gasteiger partial charge on any atom is 0.237 e. The molecule has 2 aromatic heterocycles. The number of rotatable bonds is 7. The molecule has 0 fully saturated rings. The molecule has 4 rings (SSSR count). The van der Waals surface area contributed by atoms with Crippen molar-refractivity contribution < 1.29 is 14.0 Å². The van der Waals surface area contributed by atoms with Gasteiger partial charge in [0.15, 0.2) is 11.5 Å². The SMILES string of the molecule is COc1ccc(-c2ccc(SCc3nc(-c4ccccc4Cl)no3)nn2)cc1OC. The third kappa shape index (κ3) is 4.39. The number of aromatic nitrogens is 4. The maximum absolute atomic E-state index is 6.18. The predicted octanol–water partition coefficient (Wildman–Crippen LogP) is 5.16. The number of thioether (sulfide) groups is 1. The number of ether oxygens (including phenoxy) is 2. The van der Waals surface area contributed by atoms with Gasteiger partial charge in [-0.25, -0.2) is 0 Å². The Kier molecular flexibility index (Phi) is 6.15. The molecule has 152 valence electrons. The first kappa shape index (κ1) is 20.2. The van der Waals surface area contributed by atoms with Gasteiger partial charge in [-0.15, -0.1) is 10.2 Å². The van der Waals surface area contributed by atoms with Crippen LogP contribution in [0.4, 0.5) is 0 Å². The molecule has 2 aromatic carbocycles. The lowest BCUT2D eigenvalue weighted by Gasteiger charge is -2.09. The van der Waals surface area contributed by atoms with E-state index in [-0.39, 0.29) is 0 Å². The molecule has 0 N–H and O–H groups in total. The van der Waals surface area contributed by atoms with E-state index in [0.29, 0.717) is 34.0 Å².